The lowest BCUT2D eigenvalue weighted by atomic mass is 10.1. The molecule has 0 aliphatic carbocycles. The van der Waals surface area contributed by atoms with E-state index in [0.29, 0.717) is 19.3 Å². The van der Waals surface area contributed by atoms with Gasteiger partial charge in [0.25, 0.3) is 0 Å². The first-order valence-corrected chi connectivity index (χ1v) is 27.7. The molecular formula is C63H100O6. The van der Waals surface area contributed by atoms with Crippen molar-refractivity contribution in [2.45, 2.75) is 232 Å². The second-order valence-electron chi connectivity index (χ2n) is 17.8. The Morgan fingerprint density at radius 3 is 0.884 bits per heavy atom. The first-order chi connectivity index (χ1) is 34.0. The van der Waals surface area contributed by atoms with Gasteiger partial charge in [-0.2, -0.15) is 0 Å². The van der Waals surface area contributed by atoms with Crippen LogP contribution in [-0.2, 0) is 28.6 Å². The van der Waals surface area contributed by atoms with Crippen LogP contribution in [-0.4, -0.2) is 37.2 Å². The average Bonchev–Trinajstić information content (AvgIpc) is 3.35. The maximum atomic E-state index is 12.8. The smallest absolute Gasteiger partial charge is 0.306 e. The molecule has 0 amide bonds. The molecule has 6 nitrogen and oxygen atoms in total. The van der Waals surface area contributed by atoms with Crippen molar-refractivity contribution in [2.24, 2.45) is 0 Å². The lowest BCUT2D eigenvalue weighted by molar-refractivity contribution is -0.166. The second-order valence-corrected chi connectivity index (χ2v) is 17.8. The van der Waals surface area contributed by atoms with Crippen molar-refractivity contribution in [1.29, 1.82) is 0 Å². The van der Waals surface area contributed by atoms with Crippen LogP contribution in [0.25, 0.3) is 0 Å². The molecule has 0 fully saturated rings. The van der Waals surface area contributed by atoms with Crippen molar-refractivity contribution in [2.75, 3.05) is 13.2 Å². The third-order valence-corrected chi connectivity index (χ3v) is 11.1. The fourth-order valence-corrected chi connectivity index (χ4v) is 6.91. The van der Waals surface area contributed by atoms with Crippen LogP contribution in [0.15, 0.2) is 134 Å². The quantitative estimate of drug-likeness (QED) is 0.0262. The normalized spacial score (nSPS) is 13.1. The van der Waals surface area contributed by atoms with Crippen molar-refractivity contribution in [1.82, 2.24) is 0 Å². The van der Waals surface area contributed by atoms with E-state index in [1.54, 1.807) is 0 Å². The number of carbonyl (C=O) groups excluding carboxylic acids is 3. The topological polar surface area (TPSA) is 78.9 Å². The Labute approximate surface area is 424 Å². The molecule has 0 aliphatic heterocycles. The van der Waals surface area contributed by atoms with Gasteiger partial charge in [-0.25, -0.2) is 0 Å². The largest absolute Gasteiger partial charge is 0.462 e. The predicted molar refractivity (Wildman–Crippen MR) is 297 cm³/mol. The summed E-state index contributed by atoms with van der Waals surface area (Å²) >= 11 is 0. The highest BCUT2D eigenvalue weighted by Crippen LogP contribution is 2.11. The van der Waals surface area contributed by atoms with Gasteiger partial charge in [-0.1, -0.05) is 206 Å². The van der Waals surface area contributed by atoms with Crippen LogP contribution in [0.2, 0.25) is 0 Å². The van der Waals surface area contributed by atoms with Crippen molar-refractivity contribution in [3.05, 3.63) is 134 Å². The van der Waals surface area contributed by atoms with Crippen LogP contribution in [0.3, 0.4) is 0 Å². The maximum absolute atomic E-state index is 12.8. The van der Waals surface area contributed by atoms with E-state index in [-0.39, 0.29) is 38.0 Å². The molecule has 0 saturated carbocycles. The number of hydrogen-bond acceptors (Lipinski definition) is 6. The van der Waals surface area contributed by atoms with E-state index in [9.17, 15) is 14.4 Å². The number of rotatable bonds is 48. The molecule has 0 spiro atoms. The number of carbonyl (C=O) groups is 3. The zero-order chi connectivity index (χ0) is 50.0. The summed E-state index contributed by atoms with van der Waals surface area (Å²) in [4.78, 5) is 38.1. The molecule has 1 atom stereocenters. The Kier molecular flexibility index (Phi) is 52.5. The summed E-state index contributed by atoms with van der Waals surface area (Å²) in [6, 6.07) is 0. The number of allylic oxidation sites excluding steroid dienone is 22. The third kappa shape index (κ3) is 54.4. The van der Waals surface area contributed by atoms with Gasteiger partial charge < -0.3 is 14.2 Å². The molecule has 0 heterocycles. The Balaban J connectivity index is 4.63. The van der Waals surface area contributed by atoms with Crippen LogP contribution < -0.4 is 0 Å². The van der Waals surface area contributed by atoms with Crippen LogP contribution >= 0.6 is 0 Å². The number of esters is 3. The van der Waals surface area contributed by atoms with E-state index < -0.39 is 12.1 Å². The zero-order valence-electron chi connectivity index (χ0n) is 44.3. The molecule has 6 heteroatoms. The van der Waals surface area contributed by atoms with Gasteiger partial charge in [-0.05, 0) is 135 Å². The minimum atomic E-state index is -0.848. The molecule has 0 radical (unpaired) electrons. The standard InChI is InChI=1S/C63H100O6/c1-4-7-10-13-16-19-22-25-28-30-31-33-36-39-42-45-48-51-54-57-63(66)69-60(58-67-61(64)55-52-49-46-43-40-37-34-27-24-21-18-15-12-9-6-3)59-68-62(65)56-53-50-47-44-41-38-35-32-29-26-23-20-17-14-11-8-5-2/h16-21,25-29,31,33-35,38-40,42-43,48,51,60H,4-15,22-24,30,32,36-37,41,44-47,49-50,52-59H2,1-3H3/b19-16-,20-17-,21-18-,28-25-,29-26-,33-31-,34-27-,38-35-,42-39-,43-40-,51-48-/t60-/m0/s1. The van der Waals surface area contributed by atoms with E-state index in [1.165, 1.54) is 77.0 Å². The Morgan fingerprint density at radius 1 is 0.290 bits per heavy atom. The van der Waals surface area contributed by atoms with Gasteiger partial charge >= 0.3 is 17.9 Å². The summed E-state index contributed by atoms with van der Waals surface area (Å²) in [5.74, 6) is -1.09. The summed E-state index contributed by atoms with van der Waals surface area (Å²) in [7, 11) is 0. The Bertz CT molecular complexity index is 1510. The number of ether oxygens (including phenoxy) is 3. The van der Waals surface area contributed by atoms with Gasteiger partial charge in [0.2, 0.25) is 0 Å². The predicted octanol–water partition coefficient (Wildman–Crippen LogP) is 18.6. The van der Waals surface area contributed by atoms with Crippen LogP contribution in [0, 0.1) is 0 Å². The highest BCUT2D eigenvalue weighted by molar-refractivity contribution is 5.71. The fraction of sp³-hybridized carbons (Fsp3) is 0.603. The molecule has 0 N–H and O–H groups in total. The van der Waals surface area contributed by atoms with E-state index in [4.69, 9.17) is 14.2 Å². The summed E-state index contributed by atoms with van der Waals surface area (Å²) in [6.45, 7) is 6.42. The molecule has 0 aromatic rings. The second kappa shape index (κ2) is 56.1. The highest BCUT2D eigenvalue weighted by atomic mass is 16.6. The molecular weight excluding hydrogens is 853 g/mol. The first-order valence-electron chi connectivity index (χ1n) is 27.7. The zero-order valence-corrected chi connectivity index (χ0v) is 44.3. The van der Waals surface area contributed by atoms with Crippen LogP contribution in [0.4, 0.5) is 0 Å². The molecule has 0 unspecified atom stereocenters. The number of hydrogen-bond donors (Lipinski definition) is 0. The van der Waals surface area contributed by atoms with Crippen molar-refractivity contribution in [3.8, 4) is 0 Å². The fourth-order valence-electron chi connectivity index (χ4n) is 6.91. The van der Waals surface area contributed by atoms with Gasteiger partial charge in [-0.3, -0.25) is 14.4 Å². The van der Waals surface area contributed by atoms with E-state index in [2.05, 4.69) is 142 Å². The summed E-state index contributed by atoms with van der Waals surface area (Å²) in [5, 5.41) is 0. The minimum absolute atomic E-state index is 0.136. The van der Waals surface area contributed by atoms with Gasteiger partial charge in [0.15, 0.2) is 6.10 Å². The van der Waals surface area contributed by atoms with Crippen molar-refractivity contribution < 1.29 is 28.6 Å². The first kappa shape index (κ1) is 64.5. The molecule has 0 aromatic carbocycles. The van der Waals surface area contributed by atoms with Crippen LogP contribution in [0.5, 0.6) is 0 Å². The summed E-state index contributed by atoms with van der Waals surface area (Å²) < 4.78 is 16.7. The molecule has 0 saturated heterocycles. The van der Waals surface area contributed by atoms with Crippen molar-refractivity contribution >= 4 is 17.9 Å². The van der Waals surface area contributed by atoms with Gasteiger partial charge in [0.05, 0.1) is 0 Å². The monoisotopic (exact) mass is 953 g/mol. The average molecular weight is 953 g/mol. The van der Waals surface area contributed by atoms with Gasteiger partial charge in [0.1, 0.15) is 13.2 Å². The molecule has 69 heavy (non-hydrogen) atoms. The summed E-state index contributed by atoms with van der Waals surface area (Å²) in [6.07, 6.45) is 78.7. The van der Waals surface area contributed by atoms with E-state index in [1.807, 2.05) is 12.2 Å². The van der Waals surface area contributed by atoms with Crippen LogP contribution in [0.1, 0.15) is 226 Å². The van der Waals surface area contributed by atoms with Gasteiger partial charge in [-0.15, -0.1) is 0 Å². The lowest BCUT2D eigenvalue weighted by Gasteiger charge is -2.18. The minimum Gasteiger partial charge on any atom is -0.462 e. The Morgan fingerprint density at radius 2 is 0.551 bits per heavy atom. The summed E-state index contributed by atoms with van der Waals surface area (Å²) in [5.41, 5.74) is 0. The molecule has 388 valence electrons. The SMILES string of the molecule is CCCCC/C=C\C/C=C\C/C=C\C/C=C\C/C=C\CCC(=O)O[C@@H](COC(=O)CCCC/C=C\C/C=C\C/C=C\CCCCC)COC(=O)CCCCCC/C=C\C/C=C\C/C=C\CCCCC. The van der Waals surface area contributed by atoms with E-state index in [0.717, 1.165) is 96.3 Å². The molecule has 0 aromatic heterocycles. The molecule has 0 bridgehead atoms. The van der Waals surface area contributed by atoms with E-state index >= 15 is 0 Å². The highest BCUT2D eigenvalue weighted by Gasteiger charge is 2.19. The molecule has 0 aliphatic rings. The Hall–Kier alpha value is -4.45. The molecule has 0 rings (SSSR count). The third-order valence-electron chi connectivity index (χ3n) is 11.1. The van der Waals surface area contributed by atoms with Crippen molar-refractivity contribution in [3.63, 3.8) is 0 Å². The number of unbranched alkanes of at least 4 members (excludes halogenated alkanes) is 15. The maximum Gasteiger partial charge on any atom is 0.306 e. The van der Waals surface area contributed by atoms with Gasteiger partial charge in [0, 0.05) is 19.3 Å². The lowest BCUT2D eigenvalue weighted by Crippen LogP contribution is -2.30.